The molecular formula is C22H22N2O4S. The van der Waals surface area contributed by atoms with E-state index in [1.807, 2.05) is 18.2 Å². The van der Waals surface area contributed by atoms with Crippen molar-refractivity contribution in [1.29, 1.82) is 0 Å². The Bertz CT molecular complexity index is 1010. The van der Waals surface area contributed by atoms with E-state index in [2.05, 4.69) is 10.6 Å². The summed E-state index contributed by atoms with van der Waals surface area (Å²) in [6, 6.07) is 5.77. The minimum absolute atomic E-state index is 0.0953. The molecular weight excluding hydrogens is 388 g/mol. The third kappa shape index (κ3) is 4.79. The molecule has 4 rings (SSSR count). The van der Waals surface area contributed by atoms with Crippen LogP contribution in [0.5, 0.6) is 0 Å². The SMILES string of the molecule is O=C(C=Cc1coc2ccc(C=C3SC(=O)NC3=O)cc12)NC1CCCCCC1. The zero-order chi connectivity index (χ0) is 20.2. The highest BCUT2D eigenvalue weighted by molar-refractivity contribution is 8.18. The van der Waals surface area contributed by atoms with Gasteiger partial charge >= 0.3 is 0 Å². The van der Waals surface area contributed by atoms with Gasteiger partial charge in [0.25, 0.3) is 11.1 Å². The largest absolute Gasteiger partial charge is 0.464 e. The predicted octanol–water partition coefficient (Wildman–Crippen LogP) is 4.61. The van der Waals surface area contributed by atoms with Crippen LogP contribution >= 0.6 is 11.8 Å². The Hall–Kier alpha value is -2.80. The molecule has 0 bridgehead atoms. The maximum absolute atomic E-state index is 12.3. The molecule has 2 aliphatic rings. The van der Waals surface area contributed by atoms with Gasteiger partial charge in [-0.05, 0) is 54.5 Å². The van der Waals surface area contributed by atoms with Gasteiger partial charge in [0.2, 0.25) is 5.91 Å². The van der Waals surface area contributed by atoms with Crippen molar-refractivity contribution in [2.45, 2.75) is 44.6 Å². The molecule has 2 fully saturated rings. The van der Waals surface area contributed by atoms with Crippen LogP contribution in [0.25, 0.3) is 23.1 Å². The summed E-state index contributed by atoms with van der Waals surface area (Å²) in [5, 5.41) is 5.81. The number of carbonyl (C=O) groups excluding carboxylic acids is 3. The van der Waals surface area contributed by atoms with Crippen molar-refractivity contribution < 1.29 is 18.8 Å². The molecule has 2 aromatic rings. The van der Waals surface area contributed by atoms with Crippen molar-refractivity contribution in [1.82, 2.24) is 10.6 Å². The first-order valence-corrected chi connectivity index (χ1v) is 10.6. The molecule has 29 heavy (non-hydrogen) atoms. The van der Waals surface area contributed by atoms with Crippen LogP contribution in [-0.2, 0) is 9.59 Å². The fraction of sp³-hybridized carbons (Fsp3) is 0.318. The molecule has 1 aromatic heterocycles. The van der Waals surface area contributed by atoms with Gasteiger partial charge in [-0.2, -0.15) is 0 Å². The summed E-state index contributed by atoms with van der Waals surface area (Å²) in [6.45, 7) is 0. The zero-order valence-corrected chi connectivity index (χ0v) is 16.7. The molecule has 0 atom stereocenters. The van der Waals surface area contributed by atoms with Gasteiger partial charge in [-0.3, -0.25) is 19.7 Å². The van der Waals surface area contributed by atoms with Crippen LogP contribution in [0.4, 0.5) is 4.79 Å². The fourth-order valence-corrected chi connectivity index (χ4v) is 4.38. The first-order chi connectivity index (χ1) is 14.1. The second kappa shape index (κ2) is 8.69. The van der Waals surface area contributed by atoms with E-state index in [4.69, 9.17) is 4.42 Å². The van der Waals surface area contributed by atoms with Gasteiger partial charge < -0.3 is 9.73 Å². The summed E-state index contributed by atoms with van der Waals surface area (Å²) in [5.74, 6) is -0.482. The van der Waals surface area contributed by atoms with Crippen molar-refractivity contribution in [2.24, 2.45) is 0 Å². The quantitative estimate of drug-likeness (QED) is 0.568. The van der Waals surface area contributed by atoms with Crippen LogP contribution in [0.3, 0.4) is 0 Å². The topological polar surface area (TPSA) is 88.4 Å². The van der Waals surface area contributed by atoms with Crippen LogP contribution in [-0.4, -0.2) is 23.1 Å². The first kappa shape index (κ1) is 19.5. The lowest BCUT2D eigenvalue weighted by Gasteiger charge is -2.14. The molecule has 6 nitrogen and oxygen atoms in total. The lowest BCUT2D eigenvalue weighted by atomic mass is 10.1. The van der Waals surface area contributed by atoms with Gasteiger partial charge in [-0.1, -0.05) is 31.7 Å². The highest BCUT2D eigenvalue weighted by atomic mass is 32.2. The molecule has 0 radical (unpaired) electrons. The van der Waals surface area contributed by atoms with E-state index in [1.165, 1.54) is 25.7 Å². The Balaban J connectivity index is 1.49. The van der Waals surface area contributed by atoms with E-state index < -0.39 is 0 Å². The molecule has 0 unspecified atom stereocenters. The smallest absolute Gasteiger partial charge is 0.290 e. The Labute approximate surface area is 172 Å². The van der Waals surface area contributed by atoms with Crippen LogP contribution < -0.4 is 10.6 Å². The van der Waals surface area contributed by atoms with Crippen LogP contribution in [0, 0.1) is 0 Å². The average molecular weight is 410 g/mol. The molecule has 150 valence electrons. The van der Waals surface area contributed by atoms with Crippen LogP contribution in [0.15, 0.2) is 39.9 Å². The summed E-state index contributed by atoms with van der Waals surface area (Å²) in [7, 11) is 0. The van der Waals surface area contributed by atoms with Gasteiger partial charge in [0.1, 0.15) is 5.58 Å². The number of amides is 3. The Morgan fingerprint density at radius 1 is 1.17 bits per heavy atom. The summed E-state index contributed by atoms with van der Waals surface area (Å²) in [4.78, 5) is 35.7. The van der Waals surface area contributed by atoms with E-state index in [1.54, 1.807) is 24.5 Å². The van der Waals surface area contributed by atoms with Gasteiger partial charge in [0.15, 0.2) is 0 Å². The lowest BCUT2D eigenvalue weighted by Crippen LogP contribution is -2.33. The summed E-state index contributed by atoms with van der Waals surface area (Å²) >= 11 is 0.883. The lowest BCUT2D eigenvalue weighted by molar-refractivity contribution is -0.117. The van der Waals surface area contributed by atoms with Crippen molar-refractivity contribution in [3.63, 3.8) is 0 Å². The van der Waals surface area contributed by atoms with E-state index in [0.717, 1.165) is 41.1 Å². The van der Waals surface area contributed by atoms with Crippen molar-refractivity contribution in [2.75, 3.05) is 0 Å². The molecule has 1 aromatic carbocycles. The first-order valence-electron chi connectivity index (χ1n) is 9.83. The summed E-state index contributed by atoms with van der Waals surface area (Å²) < 4.78 is 5.57. The number of nitrogens with one attached hydrogen (secondary N) is 2. The number of hydrogen-bond acceptors (Lipinski definition) is 5. The number of rotatable bonds is 4. The van der Waals surface area contributed by atoms with Gasteiger partial charge in [0.05, 0.1) is 11.2 Å². The molecule has 2 heterocycles. The fourth-order valence-electron chi connectivity index (χ4n) is 3.70. The molecule has 3 amide bonds. The number of hydrogen-bond donors (Lipinski definition) is 2. The van der Waals surface area contributed by atoms with E-state index in [0.29, 0.717) is 10.5 Å². The molecule has 1 aliphatic carbocycles. The van der Waals surface area contributed by atoms with Crippen LogP contribution in [0.2, 0.25) is 0 Å². The maximum Gasteiger partial charge on any atom is 0.290 e. The summed E-state index contributed by atoms with van der Waals surface area (Å²) in [6.07, 6.45) is 13.5. The van der Waals surface area contributed by atoms with Crippen LogP contribution in [0.1, 0.15) is 49.7 Å². The molecule has 1 saturated carbocycles. The Morgan fingerprint density at radius 3 is 2.69 bits per heavy atom. The third-order valence-corrected chi connectivity index (χ3v) is 5.99. The highest BCUT2D eigenvalue weighted by Gasteiger charge is 2.25. The number of benzene rings is 1. The van der Waals surface area contributed by atoms with Gasteiger partial charge in [-0.15, -0.1) is 0 Å². The molecule has 7 heteroatoms. The highest BCUT2D eigenvalue weighted by Crippen LogP contribution is 2.28. The normalized spacial score (nSPS) is 19.8. The third-order valence-electron chi connectivity index (χ3n) is 5.18. The number of imide groups is 1. The molecule has 1 aliphatic heterocycles. The zero-order valence-electron chi connectivity index (χ0n) is 15.9. The van der Waals surface area contributed by atoms with Crippen molar-refractivity contribution in [3.05, 3.63) is 46.6 Å². The molecule has 1 saturated heterocycles. The molecule has 2 N–H and O–H groups in total. The maximum atomic E-state index is 12.3. The number of carbonyl (C=O) groups is 3. The van der Waals surface area contributed by atoms with Crippen molar-refractivity contribution in [3.8, 4) is 0 Å². The second-order valence-electron chi connectivity index (χ2n) is 7.33. The number of furan rings is 1. The minimum atomic E-state index is -0.386. The van der Waals surface area contributed by atoms with E-state index >= 15 is 0 Å². The second-order valence-corrected chi connectivity index (χ2v) is 8.34. The predicted molar refractivity (Wildman–Crippen MR) is 114 cm³/mol. The monoisotopic (exact) mass is 410 g/mol. The van der Waals surface area contributed by atoms with E-state index in [-0.39, 0.29) is 23.1 Å². The Kier molecular flexibility index (Phi) is 5.85. The standard InChI is InChI=1S/C22H22N2O4S/c25-20(23-16-5-3-1-2-4-6-16)10-8-15-13-28-18-9-7-14(11-17(15)18)12-19-21(26)24-22(27)29-19/h7-13,16H,1-6H2,(H,23,25)(H,24,26,27). The minimum Gasteiger partial charge on any atom is -0.464 e. The Morgan fingerprint density at radius 2 is 1.97 bits per heavy atom. The number of fused-ring (bicyclic) bond motifs is 1. The van der Waals surface area contributed by atoms with Gasteiger partial charge in [0, 0.05) is 23.1 Å². The van der Waals surface area contributed by atoms with Crippen molar-refractivity contribution >= 4 is 51.9 Å². The average Bonchev–Trinajstić information content (AvgIpc) is 3.12. The van der Waals surface area contributed by atoms with E-state index in [9.17, 15) is 14.4 Å². The number of thioether (sulfide) groups is 1. The summed E-state index contributed by atoms with van der Waals surface area (Å²) in [5.41, 5.74) is 2.26. The molecule has 0 spiro atoms. The van der Waals surface area contributed by atoms with Gasteiger partial charge in [-0.25, -0.2) is 0 Å².